The summed E-state index contributed by atoms with van der Waals surface area (Å²) in [7, 11) is 1.47. The molecule has 8 heteroatoms. The minimum atomic E-state index is -1.13. The van der Waals surface area contributed by atoms with E-state index in [0.717, 1.165) is 0 Å². The largest absolute Gasteiger partial charge is 0.489 e. The Morgan fingerprint density at radius 1 is 1.38 bits per heavy atom. The maximum absolute atomic E-state index is 12.1. The average molecular weight is 293 g/mol. The summed E-state index contributed by atoms with van der Waals surface area (Å²) in [4.78, 5) is 35.7. The monoisotopic (exact) mass is 293 g/mol. The Bertz CT molecular complexity index is 587. The number of hydrogen-bond acceptors (Lipinski definition) is 4. The third-order valence-corrected chi connectivity index (χ3v) is 3.00. The number of carboxylic acids is 1. The number of likely N-dealkylation sites (N-methyl/N-ethyl adjacent to an activating group) is 1. The van der Waals surface area contributed by atoms with E-state index in [2.05, 4.69) is 10.6 Å². The number of hydrogen-bond donors (Lipinski definition) is 3. The zero-order valence-electron chi connectivity index (χ0n) is 11.4. The Morgan fingerprint density at radius 3 is 2.81 bits per heavy atom. The van der Waals surface area contributed by atoms with Gasteiger partial charge in [-0.2, -0.15) is 0 Å². The molecule has 3 amide bonds. The first kappa shape index (κ1) is 14.6. The van der Waals surface area contributed by atoms with Crippen molar-refractivity contribution in [1.82, 2.24) is 10.6 Å². The summed E-state index contributed by atoms with van der Waals surface area (Å²) in [6.45, 7) is 0.307. The third kappa shape index (κ3) is 3.04. The van der Waals surface area contributed by atoms with E-state index in [0.29, 0.717) is 5.69 Å². The molecular weight excluding hydrogens is 278 g/mol. The van der Waals surface area contributed by atoms with Crippen LogP contribution in [0.4, 0.5) is 10.5 Å². The van der Waals surface area contributed by atoms with Crippen LogP contribution < -0.4 is 20.3 Å². The molecular formula is C13H15N3O5. The molecule has 0 saturated heterocycles. The lowest BCUT2D eigenvalue weighted by molar-refractivity contribution is -0.119. The minimum Gasteiger partial charge on any atom is -0.489 e. The van der Waals surface area contributed by atoms with Gasteiger partial charge in [-0.15, -0.1) is 0 Å². The zero-order chi connectivity index (χ0) is 15.4. The number of ether oxygens (including phenoxy) is 1. The highest BCUT2D eigenvalue weighted by Crippen LogP contribution is 2.34. The minimum absolute atomic E-state index is 0.00342. The molecule has 0 aromatic heterocycles. The second-order valence-corrected chi connectivity index (χ2v) is 4.29. The Labute approximate surface area is 120 Å². The van der Waals surface area contributed by atoms with Gasteiger partial charge in [-0.3, -0.25) is 9.69 Å². The fourth-order valence-corrected chi connectivity index (χ4v) is 1.97. The van der Waals surface area contributed by atoms with Crippen molar-refractivity contribution in [3.63, 3.8) is 0 Å². The van der Waals surface area contributed by atoms with Crippen molar-refractivity contribution in [1.29, 1.82) is 0 Å². The van der Waals surface area contributed by atoms with Gasteiger partial charge in [-0.1, -0.05) is 6.07 Å². The molecule has 2 rings (SSSR count). The number of carbonyl (C=O) groups is 3. The zero-order valence-corrected chi connectivity index (χ0v) is 11.4. The van der Waals surface area contributed by atoms with Crippen LogP contribution in [0.25, 0.3) is 0 Å². The average Bonchev–Trinajstić information content (AvgIpc) is 2.50. The molecule has 1 aliphatic rings. The van der Waals surface area contributed by atoms with E-state index in [1.54, 1.807) is 6.07 Å². The molecule has 21 heavy (non-hydrogen) atoms. The topological polar surface area (TPSA) is 108 Å². The van der Waals surface area contributed by atoms with Gasteiger partial charge in [0.2, 0.25) is 5.91 Å². The molecule has 0 bridgehead atoms. The Balaban J connectivity index is 2.22. The fourth-order valence-electron chi connectivity index (χ4n) is 1.97. The predicted molar refractivity (Wildman–Crippen MR) is 73.7 cm³/mol. The number of aromatic carboxylic acids is 1. The molecule has 0 radical (unpaired) electrons. The van der Waals surface area contributed by atoms with Crippen LogP contribution in [-0.4, -0.2) is 49.8 Å². The van der Waals surface area contributed by atoms with Gasteiger partial charge < -0.3 is 20.5 Å². The van der Waals surface area contributed by atoms with Gasteiger partial charge in [0.25, 0.3) is 0 Å². The van der Waals surface area contributed by atoms with Gasteiger partial charge in [-0.25, -0.2) is 9.59 Å². The lowest BCUT2D eigenvalue weighted by atomic mass is 10.1. The predicted octanol–water partition coefficient (Wildman–Crippen LogP) is 0.0392. The summed E-state index contributed by atoms with van der Waals surface area (Å²) < 4.78 is 5.36. The van der Waals surface area contributed by atoms with Gasteiger partial charge in [-0.05, 0) is 12.1 Å². The number of nitrogens with zero attached hydrogens (tertiary/aromatic N) is 1. The number of anilines is 1. The van der Waals surface area contributed by atoms with Crippen LogP contribution >= 0.6 is 0 Å². The number of carbonyl (C=O) groups excluding carboxylic acids is 2. The molecule has 0 saturated carbocycles. The van der Waals surface area contributed by atoms with Crippen molar-refractivity contribution < 1.29 is 24.2 Å². The van der Waals surface area contributed by atoms with E-state index in [4.69, 9.17) is 9.84 Å². The summed E-state index contributed by atoms with van der Waals surface area (Å²) in [5.41, 5.74) is 0.367. The maximum atomic E-state index is 12.1. The highest BCUT2D eigenvalue weighted by molar-refractivity contribution is 6.00. The van der Waals surface area contributed by atoms with Gasteiger partial charge in [0, 0.05) is 7.05 Å². The summed E-state index contributed by atoms with van der Waals surface area (Å²) in [6.07, 6.45) is 0. The fraction of sp³-hybridized carbons (Fsp3) is 0.308. The van der Waals surface area contributed by atoms with Crippen LogP contribution in [0.2, 0.25) is 0 Å². The lowest BCUT2D eigenvalue weighted by Gasteiger charge is -2.30. The van der Waals surface area contributed by atoms with Crippen LogP contribution in [0.15, 0.2) is 18.2 Å². The van der Waals surface area contributed by atoms with Gasteiger partial charge in [0.1, 0.15) is 12.2 Å². The van der Waals surface area contributed by atoms with Crippen molar-refractivity contribution in [3.05, 3.63) is 23.8 Å². The Hall–Kier alpha value is -2.77. The molecule has 112 valence electrons. The van der Waals surface area contributed by atoms with E-state index in [-0.39, 0.29) is 36.9 Å². The first-order chi connectivity index (χ1) is 10.0. The van der Waals surface area contributed by atoms with Crippen molar-refractivity contribution in [2.45, 2.75) is 0 Å². The molecule has 1 heterocycles. The van der Waals surface area contributed by atoms with E-state index in [9.17, 15) is 14.4 Å². The number of nitrogens with one attached hydrogen (secondary N) is 2. The molecule has 1 aromatic rings. The van der Waals surface area contributed by atoms with E-state index in [1.165, 1.54) is 24.1 Å². The normalized spacial score (nSPS) is 12.9. The Kier molecular flexibility index (Phi) is 4.27. The van der Waals surface area contributed by atoms with Crippen LogP contribution in [0, 0.1) is 0 Å². The van der Waals surface area contributed by atoms with Crippen LogP contribution in [0.1, 0.15) is 10.4 Å². The number of benzene rings is 1. The van der Waals surface area contributed by atoms with Gasteiger partial charge in [0.05, 0.1) is 18.8 Å². The van der Waals surface area contributed by atoms with E-state index < -0.39 is 12.0 Å². The number of urea groups is 1. The first-order valence-electron chi connectivity index (χ1n) is 6.29. The van der Waals surface area contributed by atoms with Crippen molar-refractivity contribution >= 4 is 23.6 Å². The summed E-state index contributed by atoms with van der Waals surface area (Å²) in [5, 5.41) is 14.0. The number of amides is 3. The van der Waals surface area contributed by atoms with Crippen LogP contribution in [0.3, 0.4) is 0 Å². The highest BCUT2D eigenvalue weighted by atomic mass is 16.5. The molecule has 0 atom stereocenters. The lowest BCUT2D eigenvalue weighted by Crippen LogP contribution is -2.47. The molecule has 1 aromatic carbocycles. The van der Waals surface area contributed by atoms with Gasteiger partial charge >= 0.3 is 12.0 Å². The number of fused-ring (bicyclic) bond motifs is 1. The quantitative estimate of drug-likeness (QED) is 0.729. The molecule has 1 aliphatic heterocycles. The second-order valence-electron chi connectivity index (χ2n) is 4.29. The molecule has 0 aliphatic carbocycles. The highest BCUT2D eigenvalue weighted by Gasteiger charge is 2.27. The van der Waals surface area contributed by atoms with Crippen molar-refractivity contribution in [2.75, 3.05) is 31.6 Å². The molecule has 0 unspecified atom stereocenters. The van der Waals surface area contributed by atoms with Crippen molar-refractivity contribution in [3.8, 4) is 5.75 Å². The van der Waals surface area contributed by atoms with E-state index >= 15 is 0 Å². The SMILES string of the molecule is CNC(=O)CNC(=O)N1CCOc2c(C(=O)O)cccc21. The second kappa shape index (κ2) is 6.12. The Morgan fingerprint density at radius 2 is 2.14 bits per heavy atom. The van der Waals surface area contributed by atoms with E-state index in [1.807, 2.05) is 0 Å². The number of para-hydroxylation sites is 1. The smallest absolute Gasteiger partial charge is 0.339 e. The molecule has 8 nitrogen and oxygen atoms in total. The molecule has 0 fully saturated rings. The maximum Gasteiger partial charge on any atom is 0.339 e. The standard InChI is InChI=1S/C13H15N3O5/c1-14-10(17)7-15-13(20)16-5-6-21-11-8(12(18)19)3-2-4-9(11)16/h2-4H,5-7H2,1H3,(H,14,17)(H,15,20)(H,18,19). The first-order valence-corrected chi connectivity index (χ1v) is 6.29. The summed E-state index contributed by atoms with van der Waals surface area (Å²) >= 11 is 0. The summed E-state index contributed by atoms with van der Waals surface area (Å²) in [6, 6.07) is 4.06. The van der Waals surface area contributed by atoms with Crippen molar-refractivity contribution in [2.24, 2.45) is 0 Å². The van der Waals surface area contributed by atoms with Crippen LogP contribution in [-0.2, 0) is 4.79 Å². The molecule has 3 N–H and O–H groups in total. The summed E-state index contributed by atoms with van der Waals surface area (Å²) in [5.74, 6) is -1.29. The molecule has 0 spiro atoms. The van der Waals surface area contributed by atoms with Crippen LogP contribution in [0.5, 0.6) is 5.75 Å². The number of rotatable bonds is 3. The van der Waals surface area contributed by atoms with Gasteiger partial charge in [0.15, 0.2) is 5.75 Å². The number of carboxylic acid groups (broad SMARTS) is 1. The third-order valence-electron chi connectivity index (χ3n) is 3.00.